The third-order valence-electron chi connectivity index (χ3n) is 3.00. The number of nitrogens with one attached hydrogen (secondary N) is 3. The smallest absolute Gasteiger partial charge is 0.224 e. The molecule has 3 N–H and O–H groups in total. The first-order valence-corrected chi connectivity index (χ1v) is 6.62. The van der Waals surface area contributed by atoms with Crippen LogP contribution in [0.4, 0.5) is 0 Å². The van der Waals surface area contributed by atoms with Crippen LogP contribution in [0.3, 0.4) is 0 Å². The third-order valence-corrected chi connectivity index (χ3v) is 3.00. The Morgan fingerprint density at radius 2 is 2.33 bits per heavy atom. The molecule has 102 valence electrons. The fraction of sp³-hybridized carbons (Fsp3) is 0.692. The average Bonchev–Trinajstić information content (AvgIpc) is 2.77. The number of aromatic amines is 1. The zero-order valence-electron chi connectivity index (χ0n) is 11.5. The lowest BCUT2D eigenvalue weighted by molar-refractivity contribution is -0.124. The van der Waals surface area contributed by atoms with Crippen LogP contribution in [0.5, 0.6) is 0 Å². The van der Waals surface area contributed by atoms with Crippen molar-refractivity contribution in [2.75, 3.05) is 19.6 Å². The number of carbonyl (C=O) groups is 1. The van der Waals surface area contributed by atoms with Gasteiger partial charge < -0.3 is 10.6 Å². The molecule has 0 spiro atoms. The standard InChI is InChI=1S/C13H24N4O/c1-4-14-8-10(2)13(18)15-7-5-6-12-9-16-17-11(12)3/h9-10,14H,4-8H2,1-3H3,(H,15,18)(H,16,17). The lowest BCUT2D eigenvalue weighted by atomic mass is 10.1. The summed E-state index contributed by atoms with van der Waals surface area (Å²) in [6.45, 7) is 8.36. The van der Waals surface area contributed by atoms with Gasteiger partial charge in [0.25, 0.3) is 0 Å². The first-order valence-electron chi connectivity index (χ1n) is 6.62. The number of H-pyrrole nitrogens is 1. The second-order valence-electron chi connectivity index (χ2n) is 4.62. The van der Waals surface area contributed by atoms with Crippen LogP contribution in [0, 0.1) is 12.8 Å². The number of aromatic nitrogens is 2. The van der Waals surface area contributed by atoms with Gasteiger partial charge in [-0.15, -0.1) is 0 Å². The molecule has 1 heterocycles. The van der Waals surface area contributed by atoms with E-state index in [-0.39, 0.29) is 11.8 Å². The summed E-state index contributed by atoms with van der Waals surface area (Å²) in [5.41, 5.74) is 2.34. The molecule has 0 aromatic carbocycles. The van der Waals surface area contributed by atoms with Gasteiger partial charge in [0.1, 0.15) is 0 Å². The topological polar surface area (TPSA) is 69.8 Å². The van der Waals surface area contributed by atoms with Gasteiger partial charge >= 0.3 is 0 Å². The van der Waals surface area contributed by atoms with Crippen molar-refractivity contribution in [3.05, 3.63) is 17.5 Å². The molecule has 18 heavy (non-hydrogen) atoms. The van der Waals surface area contributed by atoms with Gasteiger partial charge in [0.05, 0.1) is 6.20 Å². The molecule has 0 radical (unpaired) electrons. The summed E-state index contributed by atoms with van der Waals surface area (Å²) in [6.07, 6.45) is 3.75. The summed E-state index contributed by atoms with van der Waals surface area (Å²) in [4.78, 5) is 11.7. The highest BCUT2D eigenvalue weighted by molar-refractivity contribution is 5.78. The Bertz CT molecular complexity index is 362. The fourth-order valence-electron chi connectivity index (χ4n) is 1.75. The number of nitrogens with zero attached hydrogens (tertiary/aromatic N) is 1. The maximum Gasteiger partial charge on any atom is 0.224 e. The molecule has 1 atom stereocenters. The molecular weight excluding hydrogens is 228 g/mol. The van der Waals surface area contributed by atoms with Crippen molar-refractivity contribution in [3.63, 3.8) is 0 Å². The number of hydrogen-bond donors (Lipinski definition) is 3. The summed E-state index contributed by atoms with van der Waals surface area (Å²) in [6, 6.07) is 0. The SMILES string of the molecule is CCNCC(C)C(=O)NCCCc1cn[nH]c1C. The summed E-state index contributed by atoms with van der Waals surface area (Å²) in [5.74, 6) is 0.153. The van der Waals surface area contributed by atoms with E-state index < -0.39 is 0 Å². The van der Waals surface area contributed by atoms with E-state index in [9.17, 15) is 4.79 Å². The number of carbonyl (C=O) groups excluding carboxylic acids is 1. The molecule has 0 bridgehead atoms. The van der Waals surface area contributed by atoms with Gasteiger partial charge in [0.2, 0.25) is 5.91 Å². The minimum Gasteiger partial charge on any atom is -0.356 e. The second kappa shape index (κ2) is 7.87. The molecule has 5 heteroatoms. The van der Waals surface area contributed by atoms with E-state index in [2.05, 4.69) is 20.8 Å². The van der Waals surface area contributed by atoms with Crippen molar-refractivity contribution < 1.29 is 4.79 Å². The van der Waals surface area contributed by atoms with Gasteiger partial charge in [-0.25, -0.2) is 0 Å². The lowest BCUT2D eigenvalue weighted by Gasteiger charge is -2.12. The quantitative estimate of drug-likeness (QED) is 0.605. The second-order valence-corrected chi connectivity index (χ2v) is 4.62. The van der Waals surface area contributed by atoms with Gasteiger partial charge in [-0.3, -0.25) is 9.89 Å². The zero-order valence-corrected chi connectivity index (χ0v) is 11.5. The maximum atomic E-state index is 11.7. The van der Waals surface area contributed by atoms with E-state index in [1.807, 2.05) is 27.0 Å². The maximum absolute atomic E-state index is 11.7. The molecule has 1 unspecified atom stereocenters. The molecule has 0 fully saturated rings. The van der Waals surface area contributed by atoms with Crippen LogP contribution in [-0.4, -0.2) is 35.7 Å². The summed E-state index contributed by atoms with van der Waals surface area (Å²) in [7, 11) is 0. The van der Waals surface area contributed by atoms with E-state index in [4.69, 9.17) is 0 Å². The van der Waals surface area contributed by atoms with Crippen LogP contribution in [0.1, 0.15) is 31.5 Å². The van der Waals surface area contributed by atoms with Crippen LogP contribution in [0.2, 0.25) is 0 Å². The van der Waals surface area contributed by atoms with Gasteiger partial charge in [-0.1, -0.05) is 13.8 Å². The summed E-state index contributed by atoms with van der Waals surface area (Å²) >= 11 is 0. The molecule has 0 saturated carbocycles. The van der Waals surface area contributed by atoms with Crippen molar-refractivity contribution in [1.29, 1.82) is 0 Å². The van der Waals surface area contributed by atoms with Crippen molar-refractivity contribution >= 4 is 5.91 Å². The molecule has 0 aliphatic heterocycles. The normalized spacial score (nSPS) is 12.4. The van der Waals surface area contributed by atoms with E-state index in [1.165, 1.54) is 5.56 Å². The first-order chi connectivity index (χ1) is 8.65. The predicted octanol–water partition coefficient (Wildman–Crippen LogP) is 1.01. The van der Waals surface area contributed by atoms with Gasteiger partial charge in [0, 0.05) is 24.7 Å². The van der Waals surface area contributed by atoms with Crippen molar-refractivity contribution in [2.24, 2.45) is 5.92 Å². The minimum absolute atomic E-state index is 0.0283. The largest absolute Gasteiger partial charge is 0.356 e. The van der Waals surface area contributed by atoms with E-state index in [1.54, 1.807) is 0 Å². The van der Waals surface area contributed by atoms with E-state index in [0.717, 1.165) is 38.2 Å². The third kappa shape index (κ3) is 4.87. The monoisotopic (exact) mass is 252 g/mol. The highest BCUT2D eigenvalue weighted by Gasteiger charge is 2.11. The molecule has 0 aliphatic carbocycles. The zero-order chi connectivity index (χ0) is 13.4. The number of rotatable bonds is 8. The summed E-state index contributed by atoms with van der Waals surface area (Å²) in [5, 5.41) is 13.0. The Labute approximate surface area is 109 Å². The van der Waals surface area contributed by atoms with Gasteiger partial charge in [-0.2, -0.15) is 5.10 Å². The molecule has 1 aromatic rings. The number of aryl methyl sites for hydroxylation is 2. The van der Waals surface area contributed by atoms with E-state index in [0.29, 0.717) is 0 Å². The Morgan fingerprint density at radius 3 is 2.94 bits per heavy atom. The Hall–Kier alpha value is -1.36. The fourth-order valence-corrected chi connectivity index (χ4v) is 1.75. The summed E-state index contributed by atoms with van der Waals surface area (Å²) < 4.78 is 0. The van der Waals surface area contributed by atoms with Crippen molar-refractivity contribution in [1.82, 2.24) is 20.8 Å². The van der Waals surface area contributed by atoms with Crippen molar-refractivity contribution in [2.45, 2.75) is 33.6 Å². The Kier molecular flexibility index (Phi) is 6.43. The van der Waals surface area contributed by atoms with Crippen LogP contribution < -0.4 is 10.6 Å². The minimum atomic E-state index is 0.0283. The lowest BCUT2D eigenvalue weighted by Crippen LogP contribution is -2.35. The van der Waals surface area contributed by atoms with E-state index >= 15 is 0 Å². The molecule has 1 rings (SSSR count). The van der Waals surface area contributed by atoms with Gasteiger partial charge in [-0.05, 0) is 31.9 Å². The predicted molar refractivity (Wildman–Crippen MR) is 72.4 cm³/mol. The van der Waals surface area contributed by atoms with Crippen molar-refractivity contribution in [3.8, 4) is 0 Å². The Balaban J connectivity index is 2.14. The molecule has 1 amide bonds. The van der Waals surface area contributed by atoms with Crippen LogP contribution in [-0.2, 0) is 11.2 Å². The van der Waals surface area contributed by atoms with Gasteiger partial charge in [0.15, 0.2) is 0 Å². The van der Waals surface area contributed by atoms with Crippen LogP contribution in [0.25, 0.3) is 0 Å². The molecule has 0 saturated heterocycles. The molecule has 5 nitrogen and oxygen atoms in total. The van der Waals surface area contributed by atoms with Crippen LogP contribution >= 0.6 is 0 Å². The van der Waals surface area contributed by atoms with Crippen LogP contribution in [0.15, 0.2) is 6.20 Å². The molecule has 1 aromatic heterocycles. The Morgan fingerprint density at radius 1 is 1.56 bits per heavy atom. The average molecular weight is 252 g/mol. The first kappa shape index (κ1) is 14.7. The highest BCUT2D eigenvalue weighted by atomic mass is 16.1. The molecular formula is C13H24N4O. The molecule has 0 aliphatic rings. The number of hydrogen-bond acceptors (Lipinski definition) is 3. The highest BCUT2D eigenvalue weighted by Crippen LogP contribution is 2.05. The number of amides is 1.